The minimum Gasteiger partial charge on any atom is -0.355 e. The second kappa shape index (κ2) is 7.30. The van der Waals surface area contributed by atoms with Gasteiger partial charge in [0.05, 0.1) is 5.92 Å². The number of nitrogens with zero attached hydrogens (tertiary/aromatic N) is 1. The third-order valence-electron chi connectivity index (χ3n) is 4.36. The lowest BCUT2D eigenvalue weighted by atomic mass is 10.1. The van der Waals surface area contributed by atoms with E-state index in [2.05, 4.69) is 5.32 Å². The highest BCUT2D eigenvalue weighted by atomic mass is 16.2. The van der Waals surface area contributed by atoms with Crippen LogP contribution in [0.3, 0.4) is 0 Å². The molecule has 0 aromatic heterocycles. The fourth-order valence-electron chi connectivity index (χ4n) is 3.05. The van der Waals surface area contributed by atoms with E-state index in [1.165, 1.54) is 5.56 Å². The lowest BCUT2D eigenvalue weighted by Gasteiger charge is -2.17. The van der Waals surface area contributed by atoms with Gasteiger partial charge in [0, 0.05) is 25.2 Å². The number of hydrogen-bond acceptors (Lipinski definition) is 2. The molecular formula is C20H22N2O2. The van der Waals surface area contributed by atoms with Gasteiger partial charge in [-0.25, -0.2) is 0 Å². The van der Waals surface area contributed by atoms with E-state index in [1.54, 1.807) is 4.90 Å². The average molecular weight is 322 g/mol. The van der Waals surface area contributed by atoms with Gasteiger partial charge < -0.3 is 10.2 Å². The van der Waals surface area contributed by atoms with Crippen LogP contribution < -0.4 is 10.2 Å². The molecule has 1 aliphatic heterocycles. The highest BCUT2D eigenvalue weighted by Gasteiger charge is 2.34. The van der Waals surface area contributed by atoms with E-state index in [1.807, 2.05) is 61.5 Å². The van der Waals surface area contributed by atoms with Crippen LogP contribution in [0.15, 0.2) is 54.6 Å². The number of carbonyl (C=O) groups excluding carboxylic acids is 2. The van der Waals surface area contributed by atoms with Gasteiger partial charge in [0.15, 0.2) is 0 Å². The Morgan fingerprint density at radius 3 is 2.71 bits per heavy atom. The highest BCUT2D eigenvalue weighted by molar-refractivity contribution is 6.00. The molecule has 1 fully saturated rings. The molecular weight excluding hydrogens is 300 g/mol. The van der Waals surface area contributed by atoms with Gasteiger partial charge in [-0.1, -0.05) is 42.5 Å². The quantitative estimate of drug-likeness (QED) is 0.920. The first-order chi connectivity index (χ1) is 11.6. The number of aryl methyl sites for hydroxylation is 1. The molecule has 0 saturated carbocycles. The Labute approximate surface area is 142 Å². The zero-order valence-corrected chi connectivity index (χ0v) is 13.9. The molecule has 1 saturated heterocycles. The average Bonchev–Trinajstić information content (AvgIpc) is 2.98. The van der Waals surface area contributed by atoms with Crippen LogP contribution in [0, 0.1) is 12.8 Å². The van der Waals surface area contributed by atoms with Crippen LogP contribution in [-0.2, 0) is 16.0 Å². The zero-order chi connectivity index (χ0) is 16.9. The summed E-state index contributed by atoms with van der Waals surface area (Å²) in [5, 5.41) is 2.96. The maximum Gasteiger partial charge on any atom is 0.227 e. The molecule has 4 heteroatoms. The molecule has 1 heterocycles. The SMILES string of the molecule is Cc1cccc(N2CC(C(=O)NCCc3ccccc3)CC2=O)c1. The van der Waals surface area contributed by atoms with Crippen molar-refractivity contribution in [3.8, 4) is 0 Å². The first-order valence-electron chi connectivity index (χ1n) is 8.32. The molecule has 2 aromatic rings. The minimum atomic E-state index is -0.270. The summed E-state index contributed by atoms with van der Waals surface area (Å²) in [5.74, 6) is -0.285. The van der Waals surface area contributed by atoms with Gasteiger partial charge in [0.1, 0.15) is 0 Å². The van der Waals surface area contributed by atoms with Crippen LogP contribution in [0.25, 0.3) is 0 Å². The number of nitrogens with one attached hydrogen (secondary N) is 1. The van der Waals surface area contributed by atoms with E-state index >= 15 is 0 Å². The smallest absolute Gasteiger partial charge is 0.227 e. The van der Waals surface area contributed by atoms with E-state index in [0.717, 1.165) is 17.7 Å². The van der Waals surface area contributed by atoms with Crippen molar-refractivity contribution in [3.05, 3.63) is 65.7 Å². The second-order valence-corrected chi connectivity index (χ2v) is 6.27. The fraction of sp³-hybridized carbons (Fsp3) is 0.300. The highest BCUT2D eigenvalue weighted by Crippen LogP contribution is 2.25. The Morgan fingerprint density at radius 2 is 1.96 bits per heavy atom. The normalized spacial score (nSPS) is 17.1. The predicted octanol–water partition coefficient (Wildman–Crippen LogP) is 2.71. The standard InChI is InChI=1S/C20H22N2O2/c1-15-6-5-9-18(12-15)22-14-17(13-19(22)23)20(24)21-11-10-16-7-3-2-4-8-16/h2-9,12,17H,10-11,13-14H2,1H3,(H,21,24). The van der Waals surface area contributed by atoms with Crippen molar-refractivity contribution in [2.24, 2.45) is 5.92 Å². The molecule has 1 N–H and O–H groups in total. The summed E-state index contributed by atoms with van der Waals surface area (Å²) >= 11 is 0. The molecule has 0 radical (unpaired) electrons. The van der Waals surface area contributed by atoms with E-state index in [4.69, 9.17) is 0 Å². The third-order valence-corrected chi connectivity index (χ3v) is 4.36. The molecule has 124 valence electrons. The molecule has 1 atom stereocenters. The Kier molecular flexibility index (Phi) is 4.94. The summed E-state index contributed by atoms with van der Waals surface area (Å²) < 4.78 is 0. The van der Waals surface area contributed by atoms with Gasteiger partial charge in [0.25, 0.3) is 0 Å². The van der Waals surface area contributed by atoms with Crippen LogP contribution in [-0.4, -0.2) is 24.9 Å². The van der Waals surface area contributed by atoms with E-state index < -0.39 is 0 Å². The minimum absolute atomic E-state index is 0.0174. The summed E-state index contributed by atoms with van der Waals surface area (Å²) in [4.78, 5) is 26.3. The molecule has 0 bridgehead atoms. The Morgan fingerprint density at radius 1 is 1.17 bits per heavy atom. The predicted molar refractivity (Wildman–Crippen MR) is 94.8 cm³/mol. The molecule has 3 rings (SSSR count). The second-order valence-electron chi connectivity index (χ2n) is 6.27. The van der Waals surface area contributed by atoms with Crippen molar-refractivity contribution in [2.75, 3.05) is 18.0 Å². The summed E-state index contributed by atoms with van der Waals surface area (Å²) in [5.41, 5.74) is 3.18. The van der Waals surface area contributed by atoms with Crippen LogP contribution in [0.5, 0.6) is 0 Å². The van der Waals surface area contributed by atoms with Crippen molar-refractivity contribution < 1.29 is 9.59 Å². The van der Waals surface area contributed by atoms with Gasteiger partial charge in [-0.3, -0.25) is 9.59 Å². The molecule has 0 spiro atoms. The molecule has 1 aliphatic rings. The van der Waals surface area contributed by atoms with Crippen molar-refractivity contribution in [1.29, 1.82) is 0 Å². The topological polar surface area (TPSA) is 49.4 Å². The monoisotopic (exact) mass is 322 g/mol. The van der Waals surface area contributed by atoms with E-state index in [-0.39, 0.29) is 24.2 Å². The van der Waals surface area contributed by atoms with Gasteiger partial charge in [-0.15, -0.1) is 0 Å². The Hall–Kier alpha value is -2.62. The zero-order valence-electron chi connectivity index (χ0n) is 13.9. The van der Waals surface area contributed by atoms with Crippen molar-refractivity contribution in [1.82, 2.24) is 5.32 Å². The molecule has 2 amide bonds. The van der Waals surface area contributed by atoms with Gasteiger partial charge >= 0.3 is 0 Å². The maximum atomic E-state index is 12.3. The van der Waals surface area contributed by atoms with Gasteiger partial charge in [-0.2, -0.15) is 0 Å². The van der Waals surface area contributed by atoms with Crippen LogP contribution >= 0.6 is 0 Å². The lowest BCUT2D eigenvalue weighted by molar-refractivity contribution is -0.126. The van der Waals surface area contributed by atoms with Gasteiger partial charge in [0.2, 0.25) is 11.8 Å². The van der Waals surface area contributed by atoms with Crippen LogP contribution in [0.1, 0.15) is 17.5 Å². The number of hydrogen-bond donors (Lipinski definition) is 1. The number of amides is 2. The number of carbonyl (C=O) groups is 2. The van der Waals surface area contributed by atoms with Crippen molar-refractivity contribution in [2.45, 2.75) is 19.8 Å². The van der Waals surface area contributed by atoms with Crippen molar-refractivity contribution in [3.63, 3.8) is 0 Å². The third kappa shape index (κ3) is 3.82. The van der Waals surface area contributed by atoms with Crippen molar-refractivity contribution >= 4 is 17.5 Å². The fourth-order valence-corrected chi connectivity index (χ4v) is 3.05. The number of anilines is 1. The van der Waals surface area contributed by atoms with Crippen LogP contribution in [0.4, 0.5) is 5.69 Å². The first-order valence-corrected chi connectivity index (χ1v) is 8.32. The molecule has 24 heavy (non-hydrogen) atoms. The first kappa shape index (κ1) is 16.2. The molecule has 4 nitrogen and oxygen atoms in total. The van der Waals surface area contributed by atoms with E-state index in [0.29, 0.717) is 13.1 Å². The number of benzene rings is 2. The summed E-state index contributed by atoms with van der Waals surface area (Å²) in [7, 11) is 0. The Balaban J connectivity index is 1.54. The number of rotatable bonds is 5. The largest absolute Gasteiger partial charge is 0.355 e. The summed E-state index contributed by atoms with van der Waals surface area (Å²) in [6, 6.07) is 17.9. The molecule has 1 unspecified atom stereocenters. The summed E-state index contributed by atoms with van der Waals surface area (Å²) in [6.45, 7) is 3.05. The van der Waals surface area contributed by atoms with Crippen LogP contribution in [0.2, 0.25) is 0 Å². The van der Waals surface area contributed by atoms with Gasteiger partial charge in [-0.05, 0) is 36.6 Å². The summed E-state index contributed by atoms with van der Waals surface area (Å²) in [6.07, 6.45) is 1.08. The maximum absolute atomic E-state index is 12.3. The molecule has 0 aliphatic carbocycles. The van der Waals surface area contributed by atoms with E-state index in [9.17, 15) is 9.59 Å². The Bertz CT molecular complexity index is 727. The lowest BCUT2D eigenvalue weighted by Crippen LogP contribution is -2.34. The molecule has 2 aromatic carbocycles.